The number of aromatic nitrogens is 3. The lowest BCUT2D eigenvalue weighted by Crippen LogP contribution is -2.48. The Morgan fingerprint density at radius 1 is 1.09 bits per heavy atom. The number of halogens is 2. The van der Waals surface area contributed by atoms with Crippen molar-refractivity contribution in [2.45, 2.75) is 25.5 Å². The molecule has 2 aromatic carbocycles. The summed E-state index contributed by atoms with van der Waals surface area (Å²) in [5.74, 6) is 0.0666. The van der Waals surface area contributed by atoms with Crippen LogP contribution in [-0.2, 0) is 11.3 Å². The molecule has 1 aliphatic heterocycles. The van der Waals surface area contributed by atoms with Gasteiger partial charge in [-0.1, -0.05) is 35.5 Å². The largest absolute Gasteiger partial charge is 0.339 e. The second-order valence-corrected chi connectivity index (χ2v) is 9.28. The topological polar surface area (TPSA) is 54.3 Å². The molecule has 0 unspecified atom stereocenters. The van der Waals surface area contributed by atoms with Gasteiger partial charge in [0.15, 0.2) is 5.16 Å². The third-order valence-electron chi connectivity index (χ3n) is 5.74. The van der Waals surface area contributed by atoms with Crippen molar-refractivity contribution >= 4 is 29.3 Å². The number of benzene rings is 2. The van der Waals surface area contributed by atoms with Crippen LogP contribution in [0.15, 0.2) is 47.9 Å². The van der Waals surface area contributed by atoms with E-state index in [2.05, 4.69) is 41.1 Å². The van der Waals surface area contributed by atoms with Gasteiger partial charge in [0.25, 0.3) is 0 Å². The smallest absolute Gasteiger partial charge is 0.233 e. The van der Waals surface area contributed by atoms with Crippen molar-refractivity contribution in [2.75, 3.05) is 31.9 Å². The highest BCUT2D eigenvalue weighted by molar-refractivity contribution is 7.99. The quantitative estimate of drug-likeness (QED) is 0.504. The van der Waals surface area contributed by atoms with Crippen LogP contribution in [0.1, 0.15) is 16.7 Å². The Balaban J connectivity index is 1.30. The minimum absolute atomic E-state index is 0.0871. The molecule has 1 saturated heterocycles. The summed E-state index contributed by atoms with van der Waals surface area (Å²) in [4.78, 5) is 16.9. The summed E-state index contributed by atoms with van der Waals surface area (Å²) in [6, 6.07) is 10.7. The van der Waals surface area contributed by atoms with Crippen LogP contribution in [-0.4, -0.2) is 62.4 Å². The molecule has 0 saturated carbocycles. The van der Waals surface area contributed by atoms with Crippen LogP contribution in [0.25, 0.3) is 5.69 Å². The van der Waals surface area contributed by atoms with Gasteiger partial charge in [-0.3, -0.25) is 14.3 Å². The fourth-order valence-corrected chi connectivity index (χ4v) is 4.70. The predicted octanol–water partition coefficient (Wildman–Crippen LogP) is 4.11. The van der Waals surface area contributed by atoms with Crippen molar-refractivity contribution < 1.29 is 9.18 Å². The average Bonchev–Trinajstić information content (AvgIpc) is 3.25. The SMILES string of the molecule is Cc1ccc(-n2cnnc2SCC(=O)N2CCN(Cc3ccc(F)cc3Cl)CC2)cc1C. The molecule has 1 amide bonds. The van der Waals surface area contributed by atoms with Crippen molar-refractivity contribution in [3.05, 3.63) is 70.3 Å². The first-order valence-electron chi connectivity index (χ1n) is 10.5. The van der Waals surface area contributed by atoms with E-state index < -0.39 is 0 Å². The molecule has 1 aliphatic rings. The first-order chi connectivity index (χ1) is 15.4. The molecule has 0 spiro atoms. The predicted molar refractivity (Wildman–Crippen MR) is 125 cm³/mol. The molecule has 6 nitrogen and oxygen atoms in total. The first kappa shape index (κ1) is 22.8. The van der Waals surface area contributed by atoms with E-state index in [0.717, 1.165) is 24.3 Å². The summed E-state index contributed by atoms with van der Waals surface area (Å²) in [5.41, 5.74) is 4.31. The summed E-state index contributed by atoms with van der Waals surface area (Å²) >= 11 is 7.54. The van der Waals surface area contributed by atoms with Crippen molar-refractivity contribution in [1.82, 2.24) is 24.6 Å². The second-order valence-electron chi connectivity index (χ2n) is 7.93. The maximum absolute atomic E-state index is 13.2. The Morgan fingerprint density at radius 2 is 1.88 bits per heavy atom. The molecular formula is C23H25ClFN5OS. The second kappa shape index (κ2) is 10.0. The molecule has 0 atom stereocenters. The zero-order valence-corrected chi connectivity index (χ0v) is 19.7. The molecule has 1 aromatic heterocycles. The molecule has 1 fully saturated rings. The van der Waals surface area contributed by atoms with Gasteiger partial charge in [0, 0.05) is 43.4 Å². The van der Waals surface area contributed by atoms with Crippen molar-refractivity contribution in [3.8, 4) is 5.69 Å². The van der Waals surface area contributed by atoms with Gasteiger partial charge in [0.2, 0.25) is 5.91 Å². The molecule has 0 aliphatic carbocycles. The highest BCUT2D eigenvalue weighted by Gasteiger charge is 2.22. The highest BCUT2D eigenvalue weighted by Crippen LogP contribution is 2.23. The van der Waals surface area contributed by atoms with Crippen LogP contribution in [0.3, 0.4) is 0 Å². The van der Waals surface area contributed by atoms with Crippen LogP contribution in [0.2, 0.25) is 5.02 Å². The van der Waals surface area contributed by atoms with Gasteiger partial charge in [0.1, 0.15) is 12.1 Å². The van der Waals surface area contributed by atoms with Gasteiger partial charge in [0.05, 0.1) is 5.75 Å². The van der Waals surface area contributed by atoms with E-state index in [1.165, 1.54) is 35.0 Å². The van der Waals surface area contributed by atoms with E-state index in [-0.39, 0.29) is 11.7 Å². The van der Waals surface area contributed by atoms with Gasteiger partial charge in [-0.15, -0.1) is 10.2 Å². The highest BCUT2D eigenvalue weighted by atomic mass is 35.5. The van der Waals surface area contributed by atoms with Gasteiger partial charge >= 0.3 is 0 Å². The summed E-state index contributed by atoms with van der Waals surface area (Å²) in [6.07, 6.45) is 1.68. The van der Waals surface area contributed by atoms with E-state index in [1.54, 1.807) is 12.4 Å². The normalized spacial score (nSPS) is 14.7. The zero-order chi connectivity index (χ0) is 22.7. The summed E-state index contributed by atoms with van der Waals surface area (Å²) in [6.45, 7) is 7.61. The number of rotatable bonds is 6. The number of piperazine rings is 1. The fraction of sp³-hybridized carbons (Fsp3) is 0.348. The lowest BCUT2D eigenvalue weighted by molar-refractivity contribution is -0.130. The molecule has 168 valence electrons. The minimum atomic E-state index is -0.333. The number of amides is 1. The number of hydrogen-bond donors (Lipinski definition) is 0. The van der Waals surface area contributed by atoms with Crippen LogP contribution >= 0.6 is 23.4 Å². The van der Waals surface area contributed by atoms with E-state index >= 15 is 0 Å². The molecule has 4 rings (SSSR count). The summed E-state index contributed by atoms with van der Waals surface area (Å²) in [5, 5.41) is 9.36. The third-order valence-corrected chi connectivity index (χ3v) is 7.02. The van der Waals surface area contributed by atoms with Gasteiger partial charge in [-0.05, 0) is 54.8 Å². The number of thioether (sulfide) groups is 1. The average molecular weight is 474 g/mol. The van der Waals surface area contributed by atoms with Gasteiger partial charge in [-0.2, -0.15) is 0 Å². The zero-order valence-electron chi connectivity index (χ0n) is 18.1. The van der Waals surface area contributed by atoms with Crippen LogP contribution in [0, 0.1) is 19.7 Å². The Labute approximate surface area is 196 Å². The monoisotopic (exact) mass is 473 g/mol. The maximum Gasteiger partial charge on any atom is 0.233 e. The van der Waals surface area contributed by atoms with Crippen molar-refractivity contribution in [3.63, 3.8) is 0 Å². The number of aryl methyl sites for hydroxylation is 2. The number of nitrogens with zero attached hydrogens (tertiary/aromatic N) is 5. The minimum Gasteiger partial charge on any atom is -0.339 e. The van der Waals surface area contributed by atoms with Crippen LogP contribution < -0.4 is 0 Å². The first-order valence-corrected chi connectivity index (χ1v) is 11.8. The van der Waals surface area contributed by atoms with E-state index in [9.17, 15) is 9.18 Å². The Bertz CT molecular complexity index is 1110. The molecule has 0 N–H and O–H groups in total. The number of carbonyl (C=O) groups is 1. The molecular weight excluding hydrogens is 449 g/mol. The molecule has 0 bridgehead atoms. The third kappa shape index (κ3) is 5.31. The Morgan fingerprint density at radius 3 is 2.59 bits per heavy atom. The van der Waals surface area contributed by atoms with Crippen LogP contribution in [0.5, 0.6) is 0 Å². The van der Waals surface area contributed by atoms with Crippen LogP contribution in [0.4, 0.5) is 4.39 Å². The van der Waals surface area contributed by atoms with E-state index in [1.807, 2.05) is 15.5 Å². The molecule has 3 aromatic rings. The summed E-state index contributed by atoms with van der Waals surface area (Å²) in [7, 11) is 0. The van der Waals surface area contributed by atoms with Crippen molar-refractivity contribution in [1.29, 1.82) is 0 Å². The lowest BCUT2D eigenvalue weighted by Gasteiger charge is -2.34. The van der Waals surface area contributed by atoms with E-state index in [4.69, 9.17) is 11.6 Å². The molecule has 32 heavy (non-hydrogen) atoms. The Hall–Kier alpha value is -2.42. The lowest BCUT2D eigenvalue weighted by atomic mass is 10.1. The number of hydrogen-bond acceptors (Lipinski definition) is 5. The van der Waals surface area contributed by atoms with E-state index in [0.29, 0.717) is 35.6 Å². The molecule has 9 heteroatoms. The standard InChI is InChI=1S/C23H25ClFN5OS/c1-16-3-6-20(11-17(16)2)30-15-26-27-23(30)32-14-22(31)29-9-7-28(8-10-29)13-18-4-5-19(25)12-21(18)24/h3-6,11-12,15H,7-10,13-14H2,1-2H3. The molecule has 2 heterocycles. The maximum atomic E-state index is 13.2. The summed E-state index contributed by atoms with van der Waals surface area (Å²) < 4.78 is 15.2. The fourth-order valence-electron chi connectivity index (χ4n) is 3.64. The molecule has 0 radical (unpaired) electrons. The van der Waals surface area contributed by atoms with Gasteiger partial charge in [-0.25, -0.2) is 4.39 Å². The van der Waals surface area contributed by atoms with Crippen molar-refractivity contribution in [2.24, 2.45) is 0 Å². The number of carbonyl (C=O) groups excluding carboxylic acids is 1. The Kier molecular flexibility index (Phi) is 7.13. The van der Waals surface area contributed by atoms with Gasteiger partial charge < -0.3 is 4.90 Å².